The second kappa shape index (κ2) is 42.7. The fraction of sp³-hybridized carbons (Fsp3) is 0.400. The van der Waals surface area contributed by atoms with Crippen molar-refractivity contribution in [2.24, 2.45) is 5.92 Å². The Balaban J connectivity index is 0.000000136. The van der Waals surface area contributed by atoms with Crippen LogP contribution in [0.25, 0.3) is 65.8 Å². The molecule has 720 valence electrons. The molecule has 1 atom stereocenters. The highest BCUT2D eigenvalue weighted by Gasteiger charge is 2.38. The third kappa shape index (κ3) is 23.2. The van der Waals surface area contributed by atoms with Gasteiger partial charge in [0.2, 0.25) is 60.1 Å². The van der Waals surface area contributed by atoms with Crippen LogP contribution in [0.3, 0.4) is 0 Å². The number of likely N-dealkylation sites (N-methyl/N-ethyl adjacent to an activating group) is 4. The summed E-state index contributed by atoms with van der Waals surface area (Å²) in [6.07, 6.45) is 4.52. The predicted octanol–water partition coefficient (Wildman–Crippen LogP) is 9.02. The van der Waals surface area contributed by atoms with Crippen molar-refractivity contribution in [2.75, 3.05) is 173 Å². The third-order valence-corrected chi connectivity index (χ3v) is 35.2. The van der Waals surface area contributed by atoms with Gasteiger partial charge in [0.1, 0.15) is 28.1 Å². The van der Waals surface area contributed by atoms with Crippen LogP contribution in [0, 0.1) is 25.6 Å². The Kier molecular flexibility index (Phi) is 32.3. The van der Waals surface area contributed by atoms with Crippen molar-refractivity contribution >= 4 is 142 Å². The van der Waals surface area contributed by atoms with Gasteiger partial charge < -0.3 is 55.6 Å². The van der Waals surface area contributed by atoms with E-state index in [1.54, 1.807) is 66.7 Å². The van der Waals surface area contributed by atoms with Crippen LogP contribution in [0.15, 0.2) is 235 Å². The molecule has 0 spiro atoms. The lowest BCUT2D eigenvalue weighted by atomic mass is 10.0. The summed E-state index contributed by atoms with van der Waals surface area (Å²) in [7, 11) is -13.9. The summed E-state index contributed by atoms with van der Waals surface area (Å²) < 4.78 is 216. The number of piperidine rings is 2. The number of fused-ring (bicyclic) bond motifs is 6. The smallest absolute Gasteiger partial charge is 0.356 e. The van der Waals surface area contributed by atoms with Crippen molar-refractivity contribution in [1.29, 1.82) is 0 Å². The van der Waals surface area contributed by atoms with Crippen LogP contribution in [0.1, 0.15) is 57.1 Å². The molecule has 0 aliphatic carbocycles. The second-order valence-electron chi connectivity index (χ2n) is 33.2. The molecule has 0 bridgehead atoms. The van der Waals surface area contributed by atoms with Crippen LogP contribution < -0.4 is 43.2 Å². The molecular formula is C90H104BrFN10O26S6. The summed E-state index contributed by atoms with van der Waals surface area (Å²) in [5.74, 6) is 0.598. The number of halogens is 2. The zero-order valence-electron chi connectivity index (χ0n) is 75.1. The maximum Gasteiger partial charge on any atom is 0.356 e. The van der Waals surface area contributed by atoms with Gasteiger partial charge in [0.05, 0.1) is 13.7 Å². The number of sulfonamides is 6. The zero-order chi connectivity index (χ0) is 96.7. The Labute approximate surface area is 781 Å². The number of hydrogen-bond acceptors (Lipinski definition) is 30. The van der Waals surface area contributed by atoms with Crippen molar-refractivity contribution < 1.29 is 90.9 Å². The van der Waals surface area contributed by atoms with E-state index in [2.05, 4.69) is 15.9 Å². The van der Waals surface area contributed by atoms with E-state index in [4.69, 9.17) is 36.0 Å². The molecule has 18 rings (SSSR count). The normalized spacial score (nSPS) is 18.0. The molecule has 6 fully saturated rings. The summed E-state index contributed by atoms with van der Waals surface area (Å²) in [6.45, 7) is 17.7. The fourth-order valence-corrected chi connectivity index (χ4v) is 25.1. The average molecular weight is 2030 g/mol. The topological polar surface area (TPSA) is 437 Å². The highest BCUT2D eigenvalue weighted by atomic mass is 79.9. The van der Waals surface area contributed by atoms with Crippen LogP contribution in [0.5, 0.6) is 11.5 Å². The lowest BCUT2D eigenvalue weighted by Gasteiger charge is -2.31. The van der Waals surface area contributed by atoms with Crippen molar-refractivity contribution in [3.63, 3.8) is 0 Å². The standard InChI is InChI=1S/C16H20N2O5S.C16H19NO4S.C15H18N2O5S.C15H17NO4S.C14H15BrN2O4S.C14H15FN2O4S/c1-3-22-13-6-4-5-12-11-14(16(19)23-15(12)13)24(20,21)18-9-7-17(2)8-10-18;1-11-5-6-14-13(8-11)9-15(16(18)21-14)22(19,20)17-7-3-4-12(2)10-17;1-16-6-8-17(9-7-16)23(19,20)13-10-11-4-3-5-12(21-2)14(11)22-15(13)18;1-11-5-6-13-12(9-11)10-14(15(17)20-13)21(18,19)16-7-3-2-4-8-16;2*1-16-4-6-17(7-5-16)22(19,20)13-9-10-8-11(15)2-3-12(10)21-14(13)18/h4-6,11H,3,7-10H2,1-2H3;5-6,8-9,12H,3-4,7,10H2,1-2H3;3-5,10H,6-9H2,1-2H3;5-6,9-10H,2-4,7-8H2,1H3;2*2-3,8-9H,4-7H2,1H3. The summed E-state index contributed by atoms with van der Waals surface area (Å²) in [5, 5.41) is 3.10. The molecule has 36 nitrogen and oxygen atoms in total. The molecule has 44 heteroatoms. The molecule has 0 saturated carbocycles. The van der Waals surface area contributed by atoms with Crippen molar-refractivity contribution in [3.8, 4) is 11.5 Å². The molecule has 0 amide bonds. The molecule has 12 heterocycles. The van der Waals surface area contributed by atoms with Gasteiger partial charge in [0, 0.05) is 168 Å². The number of aryl methyl sites for hydroxylation is 2. The Morgan fingerprint density at radius 3 is 1.00 bits per heavy atom. The first-order valence-corrected chi connectivity index (χ1v) is 52.5. The van der Waals surface area contributed by atoms with Gasteiger partial charge in [-0.2, -0.15) is 25.8 Å². The minimum absolute atomic E-state index is 0.156. The molecule has 1 unspecified atom stereocenters. The molecule has 6 saturated heterocycles. The van der Waals surface area contributed by atoms with Crippen molar-refractivity contribution in [2.45, 2.75) is 89.2 Å². The van der Waals surface area contributed by atoms with E-state index < -0.39 is 105 Å². The maximum absolute atomic E-state index is 13.3. The molecule has 0 N–H and O–H groups in total. The first-order chi connectivity index (χ1) is 63.5. The Morgan fingerprint density at radius 2 is 0.642 bits per heavy atom. The largest absolute Gasteiger partial charge is 0.493 e. The highest BCUT2D eigenvalue weighted by molar-refractivity contribution is 9.10. The first kappa shape index (κ1) is 101. The SMILES string of the molecule is CCOc1cccc2cc(S(=O)(=O)N3CCN(C)CC3)c(=O)oc12.CN1CCN(S(=O)(=O)c2cc3cc(Br)ccc3oc2=O)CC1.CN1CCN(S(=O)(=O)c2cc3cc(F)ccc3oc2=O)CC1.COc1cccc2cc(S(=O)(=O)N3CCN(C)CC3)c(=O)oc12.Cc1ccc2oc(=O)c(S(=O)(=O)N3CCCC(C)C3)cc2c1.Cc1ccc2oc(=O)c(S(=O)(=O)N3CCCCC3)cc2c1. The number of ether oxygens (including phenoxy) is 2. The molecule has 6 aliphatic heterocycles. The zero-order valence-corrected chi connectivity index (χ0v) is 81.6. The van der Waals surface area contributed by atoms with Crippen LogP contribution in [-0.4, -0.2) is 269 Å². The number of hydrogen-bond donors (Lipinski definition) is 0. The van der Waals surface area contributed by atoms with E-state index in [9.17, 15) is 83.7 Å². The average Bonchev–Trinajstić information content (AvgIpc) is 0.834. The fourth-order valence-electron chi connectivity index (χ4n) is 15.7. The molecule has 0 radical (unpaired) electrons. The molecule has 6 aliphatic rings. The van der Waals surface area contributed by atoms with E-state index in [0.29, 0.717) is 199 Å². The Morgan fingerprint density at radius 1 is 0.343 bits per heavy atom. The van der Waals surface area contributed by atoms with Gasteiger partial charge in [0.25, 0.3) is 0 Å². The third-order valence-electron chi connectivity index (χ3n) is 23.4. The molecule has 12 aromatic rings. The van der Waals surface area contributed by atoms with Gasteiger partial charge in [-0.15, -0.1) is 0 Å². The molecule has 6 aromatic heterocycles. The number of rotatable bonds is 15. The van der Waals surface area contributed by atoms with Crippen LogP contribution in [0.2, 0.25) is 0 Å². The molecule has 134 heavy (non-hydrogen) atoms. The lowest BCUT2D eigenvalue weighted by Crippen LogP contribution is -2.47. The highest BCUT2D eigenvalue weighted by Crippen LogP contribution is 2.33. The summed E-state index contributed by atoms with van der Waals surface area (Å²) in [5.41, 5.74) is -1.28. The van der Waals surface area contributed by atoms with Crippen molar-refractivity contribution in [1.82, 2.24) is 45.4 Å². The van der Waals surface area contributed by atoms with Gasteiger partial charge in [-0.3, -0.25) is 0 Å². The van der Waals surface area contributed by atoms with E-state index in [-0.39, 0.29) is 46.6 Å². The van der Waals surface area contributed by atoms with Gasteiger partial charge in [-0.05, 0) is 190 Å². The van der Waals surface area contributed by atoms with E-state index in [1.165, 1.54) is 75.4 Å². The van der Waals surface area contributed by atoms with Crippen LogP contribution in [0.4, 0.5) is 4.39 Å². The van der Waals surface area contributed by atoms with Crippen LogP contribution >= 0.6 is 15.9 Å². The van der Waals surface area contributed by atoms with E-state index in [1.807, 2.05) is 99.8 Å². The van der Waals surface area contributed by atoms with E-state index in [0.717, 1.165) is 59.8 Å². The van der Waals surface area contributed by atoms with Gasteiger partial charge in [-0.1, -0.05) is 76.8 Å². The predicted molar refractivity (Wildman–Crippen MR) is 505 cm³/mol. The Bertz CT molecular complexity index is 7370. The van der Waals surface area contributed by atoms with E-state index >= 15 is 0 Å². The quantitative estimate of drug-likeness (QED) is 0.0863. The summed E-state index contributed by atoms with van der Waals surface area (Å²) in [4.78, 5) is 78.9. The summed E-state index contributed by atoms with van der Waals surface area (Å²) >= 11 is 3.32. The van der Waals surface area contributed by atoms with Gasteiger partial charge in [0.15, 0.2) is 52.0 Å². The summed E-state index contributed by atoms with van der Waals surface area (Å²) in [6, 6.07) is 37.7. The minimum atomic E-state index is -3.94. The number of piperazine rings is 4. The monoisotopic (exact) mass is 2030 g/mol. The second-order valence-corrected chi connectivity index (χ2v) is 45.6. The molecular weight excluding hydrogens is 1930 g/mol. The molecule has 6 aromatic carbocycles. The minimum Gasteiger partial charge on any atom is -0.493 e. The van der Waals surface area contributed by atoms with Gasteiger partial charge >= 0.3 is 33.8 Å². The maximum atomic E-state index is 13.3. The first-order valence-electron chi connectivity index (χ1n) is 43.1. The van der Waals surface area contributed by atoms with Gasteiger partial charge in [-0.25, -0.2) is 83.7 Å². The van der Waals surface area contributed by atoms with Crippen molar-refractivity contribution in [3.05, 3.63) is 230 Å². The Hall–Kier alpha value is -10.1. The number of benzene rings is 6. The number of nitrogens with zero attached hydrogens (tertiary/aromatic N) is 10. The van der Waals surface area contributed by atoms with Crippen LogP contribution in [-0.2, 0) is 60.1 Å². The number of para-hydroxylation sites is 2. The lowest BCUT2D eigenvalue weighted by molar-refractivity contribution is 0.222. The number of methoxy groups -OCH3 is 1.